The molecule has 52 heavy (non-hydrogen) atoms. The van der Waals surface area contributed by atoms with Gasteiger partial charge in [0.1, 0.15) is 0 Å². The van der Waals surface area contributed by atoms with Crippen molar-refractivity contribution in [3.8, 4) is 39.1 Å². The Labute approximate surface area is 305 Å². The molecule has 0 aliphatic rings. The molecule has 1 aromatic heterocycles. The molecule has 0 saturated carbocycles. The van der Waals surface area contributed by atoms with Crippen LogP contribution in [0.1, 0.15) is 12.5 Å². The van der Waals surface area contributed by atoms with E-state index in [0.717, 1.165) is 29.2 Å². The van der Waals surface area contributed by atoms with Gasteiger partial charge in [0.05, 0.1) is 11.0 Å². The van der Waals surface area contributed by atoms with Gasteiger partial charge in [-0.2, -0.15) is 0 Å². The van der Waals surface area contributed by atoms with E-state index in [0.29, 0.717) is 0 Å². The van der Waals surface area contributed by atoms with Crippen molar-refractivity contribution >= 4 is 38.9 Å². The molecule has 0 bridgehead atoms. The zero-order chi connectivity index (χ0) is 34.9. The van der Waals surface area contributed by atoms with E-state index in [-0.39, 0.29) is 0 Å². The maximum atomic E-state index is 2.37. The number of rotatable bonds is 8. The summed E-state index contributed by atoms with van der Waals surface area (Å²) in [6, 6.07) is 72.5. The van der Waals surface area contributed by atoms with Crippen molar-refractivity contribution in [3.05, 3.63) is 206 Å². The Morgan fingerprint density at radius 2 is 0.904 bits per heavy atom. The van der Waals surface area contributed by atoms with Crippen LogP contribution in [0.15, 0.2) is 200 Å². The van der Waals surface area contributed by atoms with E-state index in [4.69, 9.17) is 0 Å². The number of nitrogens with zero attached hydrogens (tertiary/aromatic N) is 2. The summed E-state index contributed by atoms with van der Waals surface area (Å²) in [4.78, 5) is 2.37. The van der Waals surface area contributed by atoms with E-state index < -0.39 is 0 Å². The number of aromatic nitrogens is 1. The van der Waals surface area contributed by atoms with Gasteiger partial charge in [-0.15, -0.1) is 0 Å². The third kappa shape index (κ3) is 5.75. The molecule has 0 aliphatic carbocycles. The zero-order valence-electron chi connectivity index (χ0n) is 29.2. The number of hydrogen-bond acceptors (Lipinski definition) is 1. The molecular weight excluding hydrogens is 629 g/mol. The monoisotopic (exact) mass is 666 g/mol. The van der Waals surface area contributed by atoms with Crippen LogP contribution in [0, 0.1) is 0 Å². The lowest BCUT2D eigenvalue weighted by Gasteiger charge is -2.27. The maximum Gasteiger partial charge on any atom is 0.0541 e. The second-order valence-electron chi connectivity index (χ2n) is 13.3. The summed E-state index contributed by atoms with van der Waals surface area (Å²) >= 11 is 0. The summed E-state index contributed by atoms with van der Waals surface area (Å²) < 4.78 is 2.37. The lowest BCUT2D eigenvalue weighted by Crippen LogP contribution is -2.10. The van der Waals surface area contributed by atoms with Crippen LogP contribution in [0.4, 0.5) is 17.1 Å². The summed E-state index contributed by atoms with van der Waals surface area (Å²) in [5.41, 5.74) is 15.5. The fraction of sp³-hybridized carbons (Fsp3) is 0.0400. The van der Waals surface area contributed by atoms with Crippen molar-refractivity contribution in [1.29, 1.82) is 0 Å². The van der Waals surface area contributed by atoms with Crippen molar-refractivity contribution in [2.24, 2.45) is 0 Å². The molecule has 0 N–H and O–H groups in total. The van der Waals surface area contributed by atoms with Crippen molar-refractivity contribution in [3.63, 3.8) is 0 Å². The Morgan fingerprint density at radius 3 is 1.54 bits per heavy atom. The van der Waals surface area contributed by atoms with Crippen LogP contribution in [-0.4, -0.2) is 4.57 Å². The van der Waals surface area contributed by atoms with Gasteiger partial charge < -0.3 is 9.47 Å². The zero-order valence-corrected chi connectivity index (χ0v) is 29.2. The first kappa shape index (κ1) is 31.3. The maximum absolute atomic E-state index is 2.37. The molecule has 0 saturated heterocycles. The number of benzene rings is 8. The molecule has 0 aliphatic heterocycles. The average Bonchev–Trinajstić information content (AvgIpc) is 3.56. The fourth-order valence-corrected chi connectivity index (χ4v) is 7.59. The molecule has 1 heterocycles. The van der Waals surface area contributed by atoms with Crippen molar-refractivity contribution < 1.29 is 0 Å². The second-order valence-corrected chi connectivity index (χ2v) is 13.3. The first-order valence-electron chi connectivity index (χ1n) is 18.1. The van der Waals surface area contributed by atoms with E-state index >= 15 is 0 Å². The molecule has 0 amide bonds. The molecule has 0 fully saturated rings. The second kappa shape index (κ2) is 13.6. The minimum Gasteiger partial charge on any atom is -0.310 e. The highest BCUT2D eigenvalue weighted by Crippen LogP contribution is 2.40. The van der Waals surface area contributed by atoms with Crippen LogP contribution in [0.2, 0.25) is 0 Å². The van der Waals surface area contributed by atoms with Crippen LogP contribution in [0.3, 0.4) is 0 Å². The number of fused-ring (bicyclic) bond motifs is 3. The molecule has 8 aromatic carbocycles. The molecule has 0 spiro atoms. The van der Waals surface area contributed by atoms with E-state index in [2.05, 4.69) is 217 Å². The lowest BCUT2D eigenvalue weighted by molar-refractivity contribution is 1.13. The first-order chi connectivity index (χ1) is 25.7. The van der Waals surface area contributed by atoms with Gasteiger partial charge in [-0.3, -0.25) is 0 Å². The predicted octanol–water partition coefficient (Wildman–Crippen LogP) is 13.8. The molecule has 2 heteroatoms. The molecule has 0 atom stereocenters. The Bertz CT molecular complexity index is 2600. The van der Waals surface area contributed by atoms with Crippen LogP contribution in [0.5, 0.6) is 0 Å². The summed E-state index contributed by atoms with van der Waals surface area (Å²) in [6.07, 6.45) is 0.987. The molecule has 0 radical (unpaired) electrons. The Morgan fingerprint density at radius 1 is 0.385 bits per heavy atom. The standard InChI is InChI=1S/C50H38N2/c1-2-36-14-12-18-43(34-36)51(44-19-13-17-40(35-44)37-15-4-3-5-16-37)41-30-26-38(27-31-41)45-20-6-7-21-46(45)39-28-32-42(33-29-39)52-49-24-10-8-22-47(49)48-23-9-11-25-50(48)52/h3-35H,2H2,1H3. The van der Waals surface area contributed by atoms with Crippen molar-refractivity contribution in [2.45, 2.75) is 13.3 Å². The minimum atomic E-state index is 0.987. The van der Waals surface area contributed by atoms with Crippen molar-refractivity contribution in [2.75, 3.05) is 4.90 Å². The highest BCUT2D eigenvalue weighted by atomic mass is 15.1. The highest BCUT2D eigenvalue weighted by molar-refractivity contribution is 6.09. The van der Waals surface area contributed by atoms with Gasteiger partial charge in [0, 0.05) is 33.5 Å². The van der Waals surface area contributed by atoms with Crippen LogP contribution >= 0.6 is 0 Å². The average molecular weight is 667 g/mol. The minimum absolute atomic E-state index is 0.987. The number of hydrogen-bond donors (Lipinski definition) is 0. The van der Waals surface area contributed by atoms with Crippen molar-refractivity contribution in [1.82, 2.24) is 4.57 Å². The van der Waals surface area contributed by atoms with Gasteiger partial charge >= 0.3 is 0 Å². The third-order valence-electron chi connectivity index (χ3n) is 10.2. The van der Waals surface area contributed by atoms with E-state index in [9.17, 15) is 0 Å². The summed E-state index contributed by atoms with van der Waals surface area (Å²) in [7, 11) is 0. The molecule has 0 unspecified atom stereocenters. The Hall–Kier alpha value is -6.64. The summed E-state index contributed by atoms with van der Waals surface area (Å²) in [6.45, 7) is 2.21. The molecular formula is C50H38N2. The van der Waals surface area contributed by atoms with E-state index in [1.165, 1.54) is 60.8 Å². The summed E-state index contributed by atoms with van der Waals surface area (Å²) in [5, 5.41) is 2.55. The largest absolute Gasteiger partial charge is 0.310 e. The molecule has 2 nitrogen and oxygen atoms in total. The lowest BCUT2D eigenvalue weighted by atomic mass is 9.94. The van der Waals surface area contributed by atoms with Gasteiger partial charge in [0.15, 0.2) is 0 Å². The summed E-state index contributed by atoms with van der Waals surface area (Å²) in [5.74, 6) is 0. The quantitative estimate of drug-likeness (QED) is 0.157. The first-order valence-corrected chi connectivity index (χ1v) is 18.1. The topological polar surface area (TPSA) is 8.17 Å². The molecule has 9 aromatic rings. The smallest absolute Gasteiger partial charge is 0.0541 e. The van der Waals surface area contributed by atoms with Crippen LogP contribution in [0.25, 0.3) is 60.9 Å². The molecule has 248 valence electrons. The Kier molecular flexibility index (Phi) is 8.19. The van der Waals surface area contributed by atoms with Gasteiger partial charge in [0.2, 0.25) is 0 Å². The van der Waals surface area contributed by atoms with E-state index in [1.807, 2.05) is 0 Å². The number of aryl methyl sites for hydroxylation is 1. The SMILES string of the molecule is CCc1cccc(N(c2ccc(-c3ccccc3-c3ccc(-n4c5ccccc5c5ccccc54)cc3)cc2)c2cccc(-c3ccccc3)c2)c1. The fourth-order valence-electron chi connectivity index (χ4n) is 7.59. The third-order valence-corrected chi connectivity index (χ3v) is 10.2. The van der Waals surface area contributed by atoms with Gasteiger partial charge in [-0.1, -0.05) is 146 Å². The normalized spacial score (nSPS) is 11.2. The van der Waals surface area contributed by atoms with Crippen LogP contribution in [-0.2, 0) is 6.42 Å². The van der Waals surface area contributed by atoms with Gasteiger partial charge in [-0.05, 0) is 106 Å². The Balaban J connectivity index is 1.08. The van der Waals surface area contributed by atoms with Gasteiger partial charge in [-0.25, -0.2) is 0 Å². The van der Waals surface area contributed by atoms with Gasteiger partial charge in [0.25, 0.3) is 0 Å². The van der Waals surface area contributed by atoms with Crippen LogP contribution < -0.4 is 4.90 Å². The highest BCUT2D eigenvalue weighted by Gasteiger charge is 2.16. The predicted molar refractivity (Wildman–Crippen MR) is 221 cm³/mol. The molecule has 9 rings (SSSR count). The number of anilines is 3. The van der Waals surface area contributed by atoms with E-state index in [1.54, 1.807) is 0 Å². The number of para-hydroxylation sites is 2.